The second kappa shape index (κ2) is 3.37. The van der Waals surface area contributed by atoms with Gasteiger partial charge in [-0.25, -0.2) is 0 Å². The first-order chi connectivity index (χ1) is 5.04. The third kappa shape index (κ3) is 1.73. The SMILES string of the molecule is CC(C)C1SC(=S)N(C)C1=S. The molecule has 0 aromatic rings. The van der Waals surface area contributed by atoms with E-state index in [1.54, 1.807) is 11.8 Å². The van der Waals surface area contributed by atoms with Crippen molar-refractivity contribution < 1.29 is 0 Å². The van der Waals surface area contributed by atoms with Gasteiger partial charge < -0.3 is 4.90 Å². The molecule has 4 heteroatoms. The van der Waals surface area contributed by atoms with Gasteiger partial charge in [-0.15, -0.1) is 0 Å². The van der Waals surface area contributed by atoms with Crippen LogP contribution in [0.5, 0.6) is 0 Å². The van der Waals surface area contributed by atoms with Crippen molar-refractivity contribution in [1.29, 1.82) is 0 Å². The van der Waals surface area contributed by atoms with Crippen molar-refractivity contribution in [2.45, 2.75) is 19.1 Å². The Labute approximate surface area is 82.5 Å². The predicted octanol–water partition coefficient (Wildman–Crippen LogP) is 2.30. The van der Waals surface area contributed by atoms with E-state index in [0.717, 1.165) is 9.31 Å². The van der Waals surface area contributed by atoms with Gasteiger partial charge in [-0.05, 0) is 5.92 Å². The van der Waals surface area contributed by atoms with E-state index in [9.17, 15) is 0 Å². The maximum absolute atomic E-state index is 5.23. The molecule has 1 heterocycles. The highest BCUT2D eigenvalue weighted by Crippen LogP contribution is 2.31. The summed E-state index contributed by atoms with van der Waals surface area (Å²) < 4.78 is 0.911. The number of thioether (sulfide) groups is 1. The lowest BCUT2D eigenvalue weighted by atomic mass is 10.1. The third-order valence-corrected chi connectivity index (χ3v) is 4.42. The van der Waals surface area contributed by atoms with E-state index in [0.29, 0.717) is 11.2 Å². The summed E-state index contributed by atoms with van der Waals surface area (Å²) in [4.78, 5) is 2.91. The average Bonchev–Trinajstić information content (AvgIpc) is 2.17. The lowest BCUT2D eigenvalue weighted by Gasteiger charge is -2.13. The van der Waals surface area contributed by atoms with Gasteiger partial charge in [0.15, 0.2) is 0 Å². The first-order valence-electron chi connectivity index (χ1n) is 3.52. The molecule has 0 amide bonds. The maximum atomic E-state index is 5.23. The van der Waals surface area contributed by atoms with Crippen molar-refractivity contribution in [3.8, 4) is 0 Å². The molecule has 11 heavy (non-hydrogen) atoms. The van der Waals surface area contributed by atoms with Crippen LogP contribution < -0.4 is 0 Å². The van der Waals surface area contributed by atoms with Gasteiger partial charge in [-0.3, -0.25) is 0 Å². The highest BCUT2D eigenvalue weighted by molar-refractivity contribution is 8.25. The Hall–Kier alpha value is 0.330. The van der Waals surface area contributed by atoms with Gasteiger partial charge in [0.1, 0.15) is 4.32 Å². The standard InChI is InChI=1S/C7H11NS3/c1-4(2)5-6(9)8(3)7(10)11-5/h4-5H,1-3H3. The van der Waals surface area contributed by atoms with Crippen LogP contribution in [0.1, 0.15) is 13.8 Å². The lowest BCUT2D eigenvalue weighted by Crippen LogP contribution is -2.27. The fourth-order valence-electron chi connectivity index (χ4n) is 0.940. The Morgan fingerprint density at radius 3 is 2.18 bits per heavy atom. The van der Waals surface area contributed by atoms with Crippen LogP contribution in [0.2, 0.25) is 0 Å². The number of nitrogens with zero attached hydrogens (tertiary/aromatic N) is 1. The monoisotopic (exact) mass is 205 g/mol. The third-order valence-electron chi connectivity index (χ3n) is 1.68. The van der Waals surface area contributed by atoms with Crippen molar-refractivity contribution in [3.63, 3.8) is 0 Å². The molecule has 1 fully saturated rings. The largest absolute Gasteiger partial charge is 0.324 e. The fraction of sp³-hybridized carbons (Fsp3) is 0.714. The minimum absolute atomic E-state index is 0.419. The van der Waals surface area contributed by atoms with Gasteiger partial charge >= 0.3 is 0 Å². The molecule has 62 valence electrons. The van der Waals surface area contributed by atoms with Gasteiger partial charge in [0, 0.05) is 7.05 Å². The Bertz CT molecular complexity index is 200. The number of rotatable bonds is 1. The minimum Gasteiger partial charge on any atom is -0.324 e. The van der Waals surface area contributed by atoms with Gasteiger partial charge in [-0.1, -0.05) is 50.0 Å². The van der Waals surface area contributed by atoms with Gasteiger partial charge in [-0.2, -0.15) is 0 Å². The summed E-state index contributed by atoms with van der Waals surface area (Å²) >= 11 is 12.1. The maximum Gasteiger partial charge on any atom is 0.141 e. The normalized spacial score (nSPS) is 25.5. The Morgan fingerprint density at radius 1 is 1.45 bits per heavy atom. The molecule has 0 aliphatic carbocycles. The zero-order valence-electron chi connectivity index (χ0n) is 6.83. The van der Waals surface area contributed by atoms with Gasteiger partial charge in [0.25, 0.3) is 0 Å². The van der Waals surface area contributed by atoms with Crippen LogP contribution in [0, 0.1) is 5.92 Å². The zero-order chi connectivity index (χ0) is 8.59. The van der Waals surface area contributed by atoms with E-state index in [-0.39, 0.29) is 0 Å². The number of hydrogen-bond donors (Lipinski definition) is 0. The van der Waals surface area contributed by atoms with Crippen molar-refractivity contribution in [1.82, 2.24) is 4.90 Å². The molecule has 0 spiro atoms. The zero-order valence-corrected chi connectivity index (χ0v) is 9.28. The van der Waals surface area contributed by atoms with E-state index in [1.807, 2.05) is 11.9 Å². The Morgan fingerprint density at radius 2 is 2.00 bits per heavy atom. The molecule has 1 aliphatic heterocycles. The lowest BCUT2D eigenvalue weighted by molar-refractivity contribution is 0.671. The molecule has 0 bridgehead atoms. The summed E-state index contributed by atoms with van der Waals surface area (Å²) in [7, 11) is 1.94. The van der Waals surface area contributed by atoms with E-state index < -0.39 is 0 Å². The minimum atomic E-state index is 0.419. The predicted molar refractivity (Wildman–Crippen MR) is 59.2 cm³/mol. The van der Waals surface area contributed by atoms with Crippen LogP contribution in [0.4, 0.5) is 0 Å². The fourth-order valence-corrected chi connectivity index (χ4v) is 2.98. The smallest absolute Gasteiger partial charge is 0.141 e. The summed E-state index contributed by atoms with van der Waals surface area (Å²) in [5.41, 5.74) is 0. The second-order valence-corrected chi connectivity index (χ2v) is 5.14. The molecule has 1 unspecified atom stereocenters. The highest BCUT2D eigenvalue weighted by atomic mass is 32.2. The molecule has 0 N–H and O–H groups in total. The first-order valence-corrected chi connectivity index (χ1v) is 5.22. The number of thiocarbonyl (C=S) groups is 2. The molecule has 0 radical (unpaired) electrons. The average molecular weight is 205 g/mol. The van der Waals surface area contributed by atoms with Crippen LogP contribution >= 0.6 is 36.2 Å². The molecule has 0 aromatic carbocycles. The van der Waals surface area contributed by atoms with Crippen molar-refractivity contribution in [3.05, 3.63) is 0 Å². The van der Waals surface area contributed by atoms with Crippen LogP contribution in [0.25, 0.3) is 0 Å². The second-order valence-electron chi connectivity index (χ2n) is 2.95. The Balaban J connectivity index is 2.75. The molecule has 1 atom stereocenters. The van der Waals surface area contributed by atoms with Crippen LogP contribution in [-0.4, -0.2) is 26.5 Å². The molecule has 0 aromatic heterocycles. The Kier molecular flexibility index (Phi) is 2.89. The summed E-state index contributed by atoms with van der Waals surface area (Å²) in [6.07, 6.45) is 0. The summed E-state index contributed by atoms with van der Waals surface area (Å²) in [6, 6.07) is 0. The van der Waals surface area contributed by atoms with Crippen LogP contribution in [-0.2, 0) is 0 Å². The molecule has 1 saturated heterocycles. The van der Waals surface area contributed by atoms with Crippen molar-refractivity contribution in [2.24, 2.45) is 5.92 Å². The van der Waals surface area contributed by atoms with Crippen molar-refractivity contribution >= 4 is 45.5 Å². The molecular formula is C7H11NS3. The van der Waals surface area contributed by atoms with Crippen molar-refractivity contribution in [2.75, 3.05) is 7.05 Å². The molecular weight excluding hydrogens is 194 g/mol. The summed E-state index contributed by atoms with van der Waals surface area (Å²) in [5, 5.41) is 0.419. The van der Waals surface area contributed by atoms with Crippen LogP contribution in [0.3, 0.4) is 0 Å². The van der Waals surface area contributed by atoms with Gasteiger partial charge in [0.2, 0.25) is 0 Å². The molecule has 1 aliphatic rings. The topological polar surface area (TPSA) is 3.24 Å². The first kappa shape index (κ1) is 9.42. The van der Waals surface area contributed by atoms with E-state index in [2.05, 4.69) is 13.8 Å². The summed E-state index contributed by atoms with van der Waals surface area (Å²) in [5.74, 6) is 0.579. The molecule has 0 saturated carbocycles. The van der Waals surface area contributed by atoms with Crippen LogP contribution in [0.15, 0.2) is 0 Å². The van der Waals surface area contributed by atoms with E-state index >= 15 is 0 Å². The molecule has 1 rings (SSSR count). The quantitative estimate of drug-likeness (QED) is 0.604. The van der Waals surface area contributed by atoms with E-state index in [1.165, 1.54) is 0 Å². The molecule has 1 nitrogen and oxygen atoms in total. The number of hydrogen-bond acceptors (Lipinski definition) is 3. The highest BCUT2D eigenvalue weighted by Gasteiger charge is 2.32. The summed E-state index contributed by atoms with van der Waals surface area (Å²) in [6.45, 7) is 4.34. The van der Waals surface area contributed by atoms with E-state index in [4.69, 9.17) is 24.4 Å². The van der Waals surface area contributed by atoms with Gasteiger partial charge in [0.05, 0.1) is 10.2 Å².